The molecule has 6 nitrogen and oxygen atoms in total. The molecule has 2 amide bonds. The molecule has 0 aromatic carbocycles. The molecule has 0 radical (unpaired) electrons. The molecule has 0 saturated carbocycles. The van der Waals surface area contributed by atoms with Crippen LogP contribution in [0.5, 0.6) is 0 Å². The predicted octanol–water partition coefficient (Wildman–Crippen LogP) is -0.604. The minimum atomic E-state index is -1.11. The number of nitrogens with one attached hydrogen (secondary N) is 1. The van der Waals surface area contributed by atoms with E-state index in [4.69, 9.17) is 5.11 Å². The number of carboxylic acid groups (broad SMARTS) is 1. The molecule has 2 N–H and O–H groups in total. The highest BCUT2D eigenvalue weighted by molar-refractivity contribution is 8.00. The molecule has 0 heterocycles. The Labute approximate surface area is 98.4 Å². The van der Waals surface area contributed by atoms with Crippen LogP contribution in [0.25, 0.3) is 0 Å². The number of carbonyl (C=O) groups excluding carboxylic acids is 2. The smallest absolute Gasteiger partial charge is 0.327 e. The molecular weight excluding hydrogens is 232 g/mol. The highest BCUT2D eigenvalue weighted by atomic mass is 32.2. The molecular formula is C9H16N2O4S. The van der Waals surface area contributed by atoms with Crippen molar-refractivity contribution in [3.8, 4) is 0 Å². The molecule has 0 saturated heterocycles. The van der Waals surface area contributed by atoms with Crippen molar-refractivity contribution < 1.29 is 19.5 Å². The summed E-state index contributed by atoms with van der Waals surface area (Å²) in [6, 6.07) is -0.958. The number of aliphatic carboxylic acids is 1. The van der Waals surface area contributed by atoms with E-state index in [2.05, 4.69) is 5.32 Å². The largest absolute Gasteiger partial charge is 0.480 e. The number of hydrogen-bond acceptors (Lipinski definition) is 4. The molecule has 2 atom stereocenters. The molecule has 0 rings (SSSR count). The van der Waals surface area contributed by atoms with Crippen molar-refractivity contribution in [3.05, 3.63) is 0 Å². The van der Waals surface area contributed by atoms with E-state index in [1.807, 2.05) is 0 Å². The van der Waals surface area contributed by atoms with Crippen molar-refractivity contribution in [2.24, 2.45) is 0 Å². The summed E-state index contributed by atoms with van der Waals surface area (Å²) in [5.74, 6) is -1.03. The van der Waals surface area contributed by atoms with Gasteiger partial charge in [-0.15, -0.1) is 11.8 Å². The highest BCUT2D eigenvalue weighted by Crippen LogP contribution is 2.13. The monoisotopic (exact) mass is 248 g/mol. The zero-order chi connectivity index (χ0) is 12.7. The van der Waals surface area contributed by atoms with Crippen LogP contribution in [0.2, 0.25) is 0 Å². The lowest BCUT2D eigenvalue weighted by Gasteiger charge is -2.18. The number of carbonyl (C=O) groups is 3. The van der Waals surface area contributed by atoms with E-state index in [9.17, 15) is 14.4 Å². The van der Waals surface area contributed by atoms with Crippen LogP contribution in [0.3, 0.4) is 0 Å². The Morgan fingerprint density at radius 3 is 2.44 bits per heavy atom. The lowest BCUT2D eigenvalue weighted by atomic mass is 10.3. The average molecular weight is 248 g/mol. The summed E-state index contributed by atoms with van der Waals surface area (Å²) in [5.41, 5.74) is 0. The normalized spacial score (nSPS) is 13.7. The summed E-state index contributed by atoms with van der Waals surface area (Å²) in [7, 11) is 3.27. The third kappa shape index (κ3) is 5.01. The molecule has 0 aliphatic carbocycles. The first kappa shape index (κ1) is 14.8. The summed E-state index contributed by atoms with van der Waals surface area (Å²) in [6.45, 7) is 1.70. The number of rotatable bonds is 7. The molecule has 92 valence electrons. The van der Waals surface area contributed by atoms with Crippen molar-refractivity contribution in [2.45, 2.75) is 18.2 Å². The second-order valence-corrected chi connectivity index (χ2v) is 4.76. The van der Waals surface area contributed by atoms with E-state index in [1.165, 1.54) is 16.7 Å². The quantitative estimate of drug-likeness (QED) is 0.587. The van der Waals surface area contributed by atoms with E-state index >= 15 is 0 Å². The molecule has 0 aromatic rings. The van der Waals surface area contributed by atoms with Crippen LogP contribution < -0.4 is 5.32 Å². The minimum Gasteiger partial charge on any atom is -0.480 e. The fraction of sp³-hybridized carbons (Fsp3) is 0.667. The number of thioether (sulfide) groups is 1. The Bertz CT molecular complexity index is 270. The summed E-state index contributed by atoms with van der Waals surface area (Å²) in [4.78, 5) is 33.7. The summed E-state index contributed by atoms with van der Waals surface area (Å²) >= 11 is 1.20. The molecule has 0 fully saturated rings. The van der Waals surface area contributed by atoms with Crippen LogP contribution in [0.4, 0.5) is 0 Å². The fourth-order valence-corrected chi connectivity index (χ4v) is 2.02. The maximum Gasteiger partial charge on any atom is 0.327 e. The molecule has 16 heavy (non-hydrogen) atoms. The van der Waals surface area contributed by atoms with Crippen LogP contribution in [-0.4, -0.2) is 59.4 Å². The van der Waals surface area contributed by atoms with Crippen LogP contribution in [0, 0.1) is 0 Å². The topological polar surface area (TPSA) is 86.7 Å². The van der Waals surface area contributed by atoms with E-state index in [0.717, 1.165) is 0 Å². The Kier molecular flexibility index (Phi) is 6.55. The third-order valence-corrected chi connectivity index (χ3v) is 3.10. The van der Waals surface area contributed by atoms with Gasteiger partial charge in [0.1, 0.15) is 6.04 Å². The zero-order valence-electron chi connectivity index (χ0n) is 9.47. The Morgan fingerprint density at radius 1 is 1.50 bits per heavy atom. The highest BCUT2D eigenvalue weighted by Gasteiger charge is 2.21. The lowest BCUT2D eigenvalue weighted by Crippen LogP contribution is -2.39. The van der Waals surface area contributed by atoms with Gasteiger partial charge in [-0.2, -0.15) is 0 Å². The van der Waals surface area contributed by atoms with Crippen molar-refractivity contribution in [2.75, 3.05) is 19.8 Å². The van der Waals surface area contributed by atoms with Gasteiger partial charge in [0.15, 0.2) is 0 Å². The Hall–Kier alpha value is -1.24. The molecule has 0 aliphatic rings. The van der Waals surface area contributed by atoms with Crippen molar-refractivity contribution >= 4 is 30.0 Å². The van der Waals surface area contributed by atoms with Crippen LogP contribution in [-0.2, 0) is 14.4 Å². The van der Waals surface area contributed by atoms with Crippen molar-refractivity contribution in [1.82, 2.24) is 10.2 Å². The van der Waals surface area contributed by atoms with Gasteiger partial charge in [0.2, 0.25) is 12.3 Å². The van der Waals surface area contributed by atoms with Gasteiger partial charge in [-0.25, -0.2) is 4.79 Å². The number of carboxylic acids is 1. The van der Waals surface area contributed by atoms with Crippen LogP contribution >= 0.6 is 11.8 Å². The van der Waals surface area contributed by atoms with E-state index in [1.54, 1.807) is 21.0 Å². The predicted molar refractivity (Wildman–Crippen MR) is 61.2 cm³/mol. The first-order chi connectivity index (χ1) is 7.40. The van der Waals surface area contributed by atoms with E-state index < -0.39 is 12.0 Å². The van der Waals surface area contributed by atoms with Crippen LogP contribution in [0.1, 0.15) is 6.92 Å². The SMILES string of the molecule is CC(SCC(NC=O)C(=O)O)C(=O)N(C)C. The first-order valence-corrected chi connectivity index (χ1v) is 5.70. The maximum absolute atomic E-state index is 11.5. The van der Waals surface area contributed by atoms with Gasteiger partial charge in [-0.3, -0.25) is 9.59 Å². The maximum atomic E-state index is 11.5. The van der Waals surface area contributed by atoms with Crippen LogP contribution in [0.15, 0.2) is 0 Å². The standard InChI is InChI=1S/C9H16N2O4S/c1-6(8(13)11(2)3)16-4-7(9(14)15)10-5-12/h5-7H,4H2,1-3H3,(H,10,12)(H,14,15). The lowest BCUT2D eigenvalue weighted by molar-refractivity contribution is -0.139. The van der Waals surface area contributed by atoms with Gasteiger partial charge in [0, 0.05) is 19.8 Å². The van der Waals surface area contributed by atoms with Gasteiger partial charge >= 0.3 is 5.97 Å². The summed E-state index contributed by atoms with van der Waals surface area (Å²) in [6.07, 6.45) is 0.345. The second kappa shape index (κ2) is 7.10. The first-order valence-electron chi connectivity index (χ1n) is 4.65. The van der Waals surface area contributed by atoms with Gasteiger partial charge in [0.05, 0.1) is 5.25 Å². The zero-order valence-corrected chi connectivity index (χ0v) is 10.3. The van der Waals surface area contributed by atoms with Crippen molar-refractivity contribution in [1.29, 1.82) is 0 Å². The summed E-state index contributed by atoms with van der Waals surface area (Å²) in [5, 5.41) is 10.6. The second-order valence-electron chi connectivity index (χ2n) is 3.38. The van der Waals surface area contributed by atoms with Gasteiger partial charge in [-0.1, -0.05) is 0 Å². The molecule has 0 spiro atoms. The van der Waals surface area contributed by atoms with Gasteiger partial charge in [-0.05, 0) is 6.92 Å². The Balaban J connectivity index is 4.15. The average Bonchev–Trinajstić information content (AvgIpc) is 2.21. The number of hydrogen-bond donors (Lipinski definition) is 2. The molecule has 7 heteroatoms. The molecule has 0 aromatic heterocycles. The summed E-state index contributed by atoms with van der Waals surface area (Å²) < 4.78 is 0. The Morgan fingerprint density at radius 2 is 2.06 bits per heavy atom. The minimum absolute atomic E-state index is 0.0831. The van der Waals surface area contributed by atoms with Gasteiger partial charge in [0.25, 0.3) is 0 Å². The molecule has 2 unspecified atom stereocenters. The van der Waals surface area contributed by atoms with Crippen molar-refractivity contribution in [3.63, 3.8) is 0 Å². The van der Waals surface area contributed by atoms with Gasteiger partial charge < -0.3 is 15.3 Å². The molecule has 0 aliphatic heterocycles. The number of amides is 2. The molecule has 0 bridgehead atoms. The number of nitrogens with zero attached hydrogens (tertiary/aromatic N) is 1. The fourth-order valence-electron chi connectivity index (χ4n) is 0.948. The van der Waals surface area contributed by atoms with E-state index in [-0.39, 0.29) is 16.9 Å². The third-order valence-electron chi connectivity index (χ3n) is 1.87. The van der Waals surface area contributed by atoms with E-state index in [0.29, 0.717) is 6.41 Å².